The van der Waals surface area contributed by atoms with Crippen molar-refractivity contribution in [1.29, 1.82) is 0 Å². The van der Waals surface area contributed by atoms with E-state index in [1.165, 1.54) is 18.6 Å². The lowest BCUT2D eigenvalue weighted by atomic mass is 9.99. The van der Waals surface area contributed by atoms with E-state index in [4.69, 9.17) is 0 Å². The van der Waals surface area contributed by atoms with E-state index in [0.717, 1.165) is 31.0 Å². The van der Waals surface area contributed by atoms with Gasteiger partial charge in [-0.05, 0) is 43.6 Å². The second-order valence-electron chi connectivity index (χ2n) is 5.51. The van der Waals surface area contributed by atoms with Gasteiger partial charge in [-0.1, -0.05) is 0 Å². The zero-order valence-electron chi connectivity index (χ0n) is 11.2. The Hall–Kier alpha value is -2.51. The Morgan fingerprint density at radius 1 is 1.19 bits per heavy atom. The van der Waals surface area contributed by atoms with Crippen LogP contribution >= 0.6 is 0 Å². The standard InChI is InChI=1S/C13H14N4O4/c18-16(19)10-3-4-11(13(7-10)17(20)21)14-15-12-6-8-1-2-9(12)5-8/h3-4,7-9,14H,1-2,5-6H2/b15-12-/t8-,9+/m0/s1. The molecular formula is C13H14N4O4. The highest BCUT2D eigenvalue weighted by Gasteiger charge is 2.36. The maximum Gasteiger partial charge on any atom is 0.301 e. The van der Waals surface area contributed by atoms with Crippen LogP contribution in [0.2, 0.25) is 0 Å². The number of non-ortho nitro benzene ring substituents is 1. The van der Waals surface area contributed by atoms with E-state index in [-0.39, 0.29) is 17.1 Å². The Morgan fingerprint density at radius 2 is 2.00 bits per heavy atom. The Morgan fingerprint density at radius 3 is 2.57 bits per heavy atom. The molecule has 2 fully saturated rings. The molecule has 8 nitrogen and oxygen atoms in total. The highest BCUT2D eigenvalue weighted by molar-refractivity contribution is 5.90. The largest absolute Gasteiger partial charge is 0.301 e. The zero-order valence-corrected chi connectivity index (χ0v) is 11.2. The summed E-state index contributed by atoms with van der Waals surface area (Å²) in [5.41, 5.74) is 3.31. The topological polar surface area (TPSA) is 111 Å². The number of fused-ring (bicyclic) bond motifs is 2. The molecule has 2 aliphatic rings. The molecule has 0 aliphatic heterocycles. The van der Waals surface area contributed by atoms with Crippen molar-refractivity contribution in [3.8, 4) is 0 Å². The molecular weight excluding hydrogens is 276 g/mol. The molecule has 3 rings (SSSR count). The van der Waals surface area contributed by atoms with Crippen LogP contribution in [0.5, 0.6) is 0 Å². The number of rotatable bonds is 4. The molecule has 2 bridgehead atoms. The Bertz CT molecular complexity index is 643. The van der Waals surface area contributed by atoms with Gasteiger partial charge in [0, 0.05) is 11.8 Å². The first kappa shape index (κ1) is 13.5. The number of hydrazone groups is 1. The minimum atomic E-state index is -0.654. The number of hydrogen-bond donors (Lipinski definition) is 1. The Labute approximate surface area is 120 Å². The van der Waals surface area contributed by atoms with Crippen LogP contribution in [0, 0.1) is 32.1 Å². The molecule has 110 valence electrons. The molecule has 0 aromatic heterocycles. The van der Waals surface area contributed by atoms with Gasteiger partial charge in [-0.15, -0.1) is 0 Å². The molecule has 1 N–H and O–H groups in total. The van der Waals surface area contributed by atoms with Crippen molar-refractivity contribution in [1.82, 2.24) is 0 Å². The second kappa shape index (κ2) is 5.12. The fourth-order valence-electron chi connectivity index (χ4n) is 3.17. The molecule has 0 unspecified atom stereocenters. The van der Waals surface area contributed by atoms with Gasteiger partial charge >= 0.3 is 5.69 Å². The first-order chi connectivity index (χ1) is 10.0. The molecule has 1 aromatic carbocycles. The number of benzene rings is 1. The van der Waals surface area contributed by atoms with Gasteiger partial charge in [-0.25, -0.2) is 0 Å². The third-order valence-corrected chi connectivity index (χ3v) is 4.22. The van der Waals surface area contributed by atoms with Crippen molar-refractivity contribution in [3.63, 3.8) is 0 Å². The van der Waals surface area contributed by atoms with Gasteiger partial charge in [0.2, 0.25) is 0 Å². The summed E-state index contributed by atoms with van der Waals surface area (Å²) >= 11 is 0. The van der Waals surface area contributed by atoms with Gasteiger partial charge in [-0.3, -0.25) is 25.7 Å². The van der Waals surface area contributed by atoms with E-state index < -0.39 is 9.85 Å². The molecule has 8 heteroatoms. The molecule has 0 saturated heterocycles. The fourth-order valence-corrected chi connectivity index (χ4v) is 3.17. The SMILES string of the molecule is O=[N+]([O-])c1ccc(N/N=C2/C[C@H]3CC[C@@H]2C3)c([N+](=O)[O-])c1. The van der Waals surface area contributed by atoms with Gasteiger partial charge in [-0.2, -0.15) is 5.10 Å². The molecule has 2 aliphatic carbocycles. The van der Waals surface area contributed by atoms with Crippen molar-refractivity contribution < 1.29 is 9.85 Å². The summed E-state index contributed by atoms with van der Waals surface area (Å²) < 4.78 is 0. The highest BCUT2D eigenvalue weighted by atomic mass is 16.6. The maximum atomic E-state index is 11.0. The Balaban J connectivity index is 1.83. The summed E-state index contributed by atoms with van der Waals surface area (Å²) in [5, 5.41) is 26.0. The number of nitro benzene ring substituents is 2. The first-order valence-electron chi connectivity index (χ1n) is 6.80. The second-order valence-corrected chi connectivity index (χ2v) is 5.51. The average Bonchev–Trinajstić information content (AvgIpc) is 3.07. The van der Waals surface area contributed by atoms with E-state index in [2.05, 4.69) is 10.5 Å². The number of hydrogen-bond acceptors (Lipinski definition) is 6. The third-order valence-electron chi connectivity index (χ3n) is 4.22. The van der Waals surface area contributed by atoms with Crippen LogP contribution in [0.1, 0.15) is 25.7 Å². The summed E-state index contributed by atoms with van der Waals surface area (Å²) in [6.07, 6.45) is 4.47. The normalized spacial score (nSPS) is 25.2. The quantitative estimate of drug-likeness (QED) is 0.676. The summed E-state index contributed by atoms with van der Waals surface area (Å²) in [4.78, 5) is 20.4. The summed E-state index contributed by atoms with van der Waals surface area (Å²) in [7, 11) is 0. The molecule has 0 heterocycles. The number of anilines is 1. The van der Waals surface area contributed by atoms with Crippen LogP contribution in [0.3, 0.4) is 0 Å². The van der Waals surface area contributed by atoms with Crippen molar-refractivity contribution >= 4 is 22.8 Å². The van der Waals surface area contributed by atoms with Crippen molar-refractivity contribution in [3.05, 3.63) is 38.4 Å². The van der Waals surface area contributed by atoms with Gasteiger partial charge in [0.1, 0.15) is 5.69 Å². The highest BCUT2D eigenvalue weighted by Crippen LogP contribution is 2.42. The minimum Gasteiger partial charge on any atom is -0.272 e. The lowest BCUT2D eigenvalue weighted by Crippen LogP contribution is -2.11. The zero-order chi connectivity index (χ0) is 15.0. The van der Waals surface area contributed by atoms with Gasteiger partial charge in [0.05, 0.1) is 15.9 Å². The third kappa shape index (κ3) is 2.56. The molecule has 0 spiro atoms. The number of nitro groups is 2. The number of nitrogens with zero attached hydrogens (tertiary/aromatic N) is 3. The van der Waals surface area contributed by atoms with Crippen molar-refractivity contribution in [2.75, 3.05) is 5.43 Å². The van der Waals surface area contributed by atoms with Crippen LogP contribution in [-0.4, -0.2) is 15.6 Å². The van der Waals surface area contributed by atoms with E-state index >= 15 is 0 Å². The van der Waals surface area contributed by atoms with Crippen LogP contribution in [0.25, 0.3) is 0 Å². The van der Waals surface area contributed by atoms with E-state index in [1.807, 2.05) is 0 Å². The lowest BCUT2D eigenvalue weighted by molar-refractivity contribution is -0.393. The average molecular weight is 290 g/mol. The first-order valence-corrected chi connectivity index (χ1v) is 6.80. The van der Waals surface area contributed by atoms with E-state index in [1.54, 1.807) is 0 Å². The van der Waals surface area contributed by atoms with E-state index in [0.29, 0.717) is 11.8 Å². The predicted molar refractivity (Wildman–Crippen MR) is 76.3 cm³/mol. The van der Waals surface area contributed by atoms with Crippen molar-refractivity contribution in [2.24, 2.45) is 16.9 Å². The minimum absolute atomic E-state index is 0.181. The van der Waals surface area contributed by atoms with E-state index in [9.17, 15) is 20.2 Å². The van der Waals surface area contributed by atoms with Crippen molar-refractivity contribution in [2.45, 2.75) is 25.7 Å². The fraction of sp³-hybridized carbons (Fsp3) is 0.462. The predicted octanol–water partition coefficient (Wildman–Crippen LogP) is 3.09. The maximum absolute atomic E-state index is 11.0. The monoisotopic (exact) mass is 290 g/mol. The van der Waals surface area contributed by atoms with Crippen LogP contribution < -0.4 is 5.43 Å². The summed E-state index contributed by atoms with van der Waals surface area (Å²) in [6.45, 7) is 0. The molecule has 21 heavy (non-hydrogen) atoms. The van der Waals surface area contributed by atoms with Crippen LogP contribution in [0.15, 0.2) is 23.3 Å². The van der Waals surface area contributed by atoms with Gasteiger partial charge < -0.3 is 0 Å². The Kier molecular flexibility index (Phi) is 3.28. The summed E-state index contributed by atoms with van der Waals surface area (Å²) in [6, 6.07) is 3.51. The smallest absolute Gasteiger partial charge is 0.272 e. The molecule has 2 saturated carbocycles. The summed E-state index contributed by atoms with van der Waals surface area (Å²) in [5.74, 6) is 1.18. The molecule has 2 atom stereocenters. The van der Waals surface area contributed by atoms with Crippen LogP contribution in [-0.2, 0) is 0 Å². The number of nitrogens with one attached hydrogen (secondary N) is 1. The van der Waals surface area contributed by atoms with Crippen LogP contribution in [0.4, 0.5) is 17.1 Å². The van der Waals surface area contributed by atoms with Gasteiger partial charge in [0.15, 0.2) is 0 Å². The molecule has 0 amide bonds. The lowest BCUT2D eigenvalue weighted by Gasteiger charge is -2.12. The molecule has 1 aromatic rings. The van der Waals surface area contributed by atoms with Gasteiger partial charge in [0.25, 0.3) is 5.69 Å². The molecule has 0 radical (unpaired) electrons.